The number of ether oxygens (including phenoxy) is 1. The zero-order chi connectivity index (χ0) is 14.5. The van der Waals surface area contributed by atoms with E-state index in [0.29, 0.717) is 12.4 Å². The Bertz CT molecular complexity index is 494. The SMILES string of the molecule is CCCOc1ccc(S(=O)(=O)NC(C)(C)CO)cc1. The lowest BCUT2D eigenvalue weighted by Crippen LogP contribution is -2.46. The van der Waals surface area contributed by atoms with Gasteiger partial charge in [-0.15, -0.1) is 0 Å². The summed E-state index contributed by atoms with van der Waals surface area (Å²) in [6, 6.07) is 6.22. The van der Waals surface area contributed by atoms with Gasteiger partial charge in [-0.05, 0) is 44.5 Å². The van der Waals surface area contributed by atoms with Gasteiger partial charge in [-0.25, -0.2) is 13.1 Å². The molecule has 0 spiro atoms. The molecule has 0 amide bonds. The van der Waals surface area contributed by atoms with Crippen molar-refractivity contribution in [3.05, 3.63) is 24.3 Å². The van der Waals surface area contributed by atoms with Crippen LogP contribution in [0, 0.1) is 0 Å². The van der Waals surface area contributed by atoms with Crippen LogP contribution < -0.4 is 9.46 Å². The first kappa shape index (κ1) is 15.9. The van der Waals surface area contributed by atoms with E-state index in [1.165, 1.54) is 12.1 Å². The summed E-state index contributed by atoms with van der Waals surface area (Å²) in [5.41, 5.74) is -0.893. The molecule has 0 aliphatic rings. The molecule has 1 aromatic carbocycles. The molecule has 1 rings (SSSR count). The molecule has 0 radical (unpaired) electrons. The van der Waals surface area contributed by atoms with Crippen LogP contribution in [0.1, 0.15) is 27.2 Å². The van der Waals surface area contributed by atoms with E-state index >= 15 is 0 Å². The molecular weight excluding hydrogens is 266 g/mol. The highest BCUT2D eigenvalue weighted by atomic mass is 32.2. The molecular formula is C13H21NO4S. The molecule has 0 fully saturated rings. The lowest BCUT2D eigenvalue weighted by molar-refractivity contribution is 0.208. The molecule has 0 atom stereocenters. The third-order valence-electron chi connectivity index (χ3n) is 2.41. The molecule has 0 aliphatic heterocycles. The van der Waals surface area contributed by atoms with Crippen LogP contribution in [0.25, 0.3) is 0 Å². The van der Waals surface area contributed by atoms with Gasteiger partial charge in [-0.1, -0.05) is 6.92 Å². The number of hydrogen-bond acceptors (Lipinski definition) is 4. The molecule has 19 heavy (non-hydrogen) atoms. The van der Waals surface area contributed by atoms with Gasteiger partial charge in [-0.2, -0.15) is 0 Å². The Balaban J connectivity index is 2.85. The normalized spacial score (nSPS) is 12.4. The van der Waals surface area contributed by atoms with Crippen molar-refractivity contribution in [3.8, 4) is 5.75 Å². The molecule has 0 bridgehead atoms. The van der Waals surface area contributed by atoms with Crippen LogP contribution in [0.4, 0.5) is 0 Å². The summed E-state index contributed by atoms with van der Waals surface area (Å²) in [5, 5.41) is 9.10. The zero-order valence-electron chi connectivity index (χ0n) is 11.5. The van der Waals surface area contributed by atoms with E-state index in [4.69, 9.17) is 9.84 Å². The van der Waals surface area contributed by atoms with Crippen LogP contribution in [0.3, 0.4) is 0 Å². The van der Waals surface area contributed by atoms with Gasteiger partial charge in [0.25, 0.3) is 0 Å². The highest BCUT2D eigenvalue weighted by Crippen LogP contribution is 2.17. The first-order valence-corrected chi connectivity index (χ1v) is 7.67. The molecule has 0 unspecified atom stereocenters. The van der Waals surface area contributed by atoms with Crippen molar-refractivity contribution in [2.24, 2.45) is 0 Å². The minimum atomic E-state index is -3.63. The van der Waals surface area contributed by atoms with Gasteiger partial charge >= 0.3 is 0 Å². The van der Waals surface area contributed by atoms with Crippen molar-refractivity contribution in [3.63, 3.8) is 0 Å². The maximum atomic E-state index is 12.1. The van der Waals surface area contributed by atoms with Crippen LogP contribution >= 0.6 is 0 Å². The Labute approximate surface area is 114 Å². The summed E-state index contributed by atoms with van der Waals surface area (Å²) < 4.78 is 32.0. The lowest BCUT2D eigenvalue weighted by Gasteiger charge is -2.23. The van der Waals surface area contributed by atoms with E-state index in [1.807, 2.05) is 6.92 Å². The van der Waals surface area contributed by atoms with Crippen molar-refractivity contribution in [2.45, 2.75) is 37.6 Å². The van der Waals surface area contributed by atoms with E-state index < -0.39 is 15.6 Å². The third-order valence-corrected chi connectivity index (χ3v) is 4.13. The zero-order valence-corrected chi connectivity index (χ0v) is 12.3. The van der Waals surface area contributed by atoms with Gasteiger partial charge < -0.3 is 9.84 Å². The standard InChI is InChI=1S/C13H21NO4S/c1-4-9-18-11-5-7-12(8-6-11)19(16,17)14-13(2,3)10-15/h5-8,14-15H,4,9-10H2,1-3H3. The molecule has 1 aromatic rings. The molecule has 0 saturated carbocycles. The van der Waals surface area contributed by atoms with Crippen LogP contribution in [0.2, 0.25) is 0 Å². The van der Waals surface area contributed by atoms with Gasteiger partial charge in [0.1, 0.15) is 5.75 Å². The summed E-state index contributed by atoms with van der Waals surface area (Å²) in [6.45, 7) is 5.55. The highest BCUT2D eigenvalue weighted by Gasteiger charge is 2.25. The van der Waals surface area contributed by atoms with Crippen LogP contribution in [0.5, 0.6) is 5.75 Å². The Morgan fingerprint density at radius 2 is 1.84 bits per heavy atom. The monoisotopic (exact) mass is 287 g/mol. The van der Waals surface area contributed by atoms with Gasteiger partial charge in [0, 0.05) is 0 Å². The number of aliphatic hydroxyl groups excluding tert-OH is 1. The van der Waals surface area contributed by atoms with Crippen molar-refractivity contribution in [1.82, 2.24) is 4.72 Å². The van der Waals surface area contributed by atoms with Gasteiger partial charge in [0.05, 0.1) is 23.6 Å². The number of benzene rings is 1. The quantitative estimate of drug-likeness (QED) is 0.797. The number of nitrogens with one attached hydrogen (secondary N) is 1. The summed E-state index contributed by atoms with van der Waals surface area (Å²) >= 11 is 0. The second-order valence-electron chi connectivity index (χ2n) is 4.97. The van der Waals surface area contributed by atoms with E-state index in [9.17, 15) is 8.42 Å². The first-order valence-electron chi connectivity index (χ1n) is 6.18. The largest absolute Gasteiger partial charge is 0.494 e. The Kier molecular flexibility index (Phi) is 5.34. The van der Waals surface area contributed by atoms with Gasteiger partial charge in [0.15, 0.2) is 0 Å². The van der Waals surface area contributed by atoms with Gasteiger partial charge in [0.2, 0.25) is 10.0 Å². The molecule has 0 heterocycles. The Morgan fingerprint density at radius 3 is 2.32 bits per heavy atom. The molecule has 0 aromatic heterocycles. The van der Waals surface area contributed by atoms with E-state index in [2.05, 4.69) is 4.72 Å². The number of rotatable bonds is 7. The number of aliphatic hydroxyl groups is 1. The molecule has 5 nitrogen and oxygen atoms in total. The van der Waals surface area contributed by atoms with E-state index in [0.717, 1.165) is 6.42 Å². The maximum absolute atomic E-state index is 12.1. The van der Waals surface area contributed by atoms with E-state index in [-0.39, 0.29) is 11.5 Å². The average molecular weight is 287 g/mol. The predicted octanol–water partition coefficient (Wildman–Crippen LogP) is 1.52. The lowest BCUT2D eigenvalue weighted by atomic mass is 10.1. The maximum Gasteiger partial charge on any atom is 0.241 e. The fourth-order valence-corrected chi connectivity index (χ4v) is 2.79. The third kappa shape index (κ3) is 4.81. The van der Waals surface area contributed by atoms with Crippen LogP contribution in [-0.4, -0.2) is 32.3 Å². The predicted molar refractivity (Wildman–Crippen MR) is 73.7 cm³/mol. The molecule has 2 N–H and O–H groups in total. The summed E-state index contributed by atoms with van der Waals surface area (Å²) in [7, 11) is -3.63. The van der Waals surface area contributed by atoms with E-state index in [1.54, 1.807) is 26.0 Å². The molecule has 0 aliphatic carbocycles. The first-order chi connectivity index (χ1) is 8.80. The summed E-state index contributed by atoms with van der Waals surface area (Å²) in [5.74, 6) is 0.641. The highest BCUT2D eigenvalue weighted by molar-refractivity contribution is 7.89. The minimum absolute atomic E-state index is 0.151. The molecule has 0 saturated heterocycles. The smallest absolute Gasteiger partial charge is 0.241 e. The van der Waals surface area contributed by atoms with Crippen LogP contribution in [-0.2, 0) is 10.0 Å². The summed E-state index contributed by atoms with van der Waals surface area (Å²) in [6.07, 6.45) is 0.895. The number of hydrogen-bond donors (Lipinski definition) is 2. The van der Waals surface area contributed by atoms with Crippen molar-refractivity contribution in [2.75, 3.05) is 13.2 Å². The second kappa shape index (κ2) is 6.36. The number of sulfonamides is 1. The second-order valence-corrected chi connectivity index (χ2v) is 6.65. The topological polar surface area (TPSA) is 75.6 Å². The van der Waals surface area contributed by atoms with Gasteiger partial charge in [-0.3, -0.25) is 0 Å². The minimum Gasteiger partial charge on any atom is -0.494 e. The Morgan fingerprint density at radius 1 is 1.26 bits per heavy atom. The van der Waals surface area contributed by atoms with Crippen molar-refractivity contribution >= 4 is 10.0 Å². The van der Waals surface area contributed by atoms with Crippen molar-refractivity contribution < 1.29 is 18.3 Å². The van der Waals surface area contributed by atoms with Crippen molar-refractivity contribution in [1.29, 1.82) is 0 Å². The fraction of sp³-hybridized carbons (Fsp3) is 0.538. The Hall–Kier alpha value is -1.11. The molecule has 108 valence electrons. The fourth-order valence-electron chi connectivity index (χ4n) is 1.39. The summed E-state index contributed by atoms with van der Waals surface area (Å²) in [4.78, 5) is 0.151. The van der Waals surface area contributed by atoms with Crippen LogP contribution in [0.15, 0.2) is 29.2 Å². The molecule has 6 heteroatoms. The average Bonchev–Trinajstić information content (AvgIpc) is 2.35.